The number of benzene rings is 1. The molecule has 1 saturated carbocycles. The summed E-state index contributed by atoms with van der Waals surface area (Å²) in [6, 6.07) is 9.92. The van der Waals surface area contributed by atoms with Crippen LogP contribution in [-0.4, -0.2) is 37.7 Å². The Hall–Kier alpha value is -0.900. The van der Waals surface area contributed by atoms with E-state index in [2.05, 4.69) is 43.0 Å². The van der Waals surface area contributed by atoms with E-state index in [9.17, 15) is 0 Å². The van der Waals surface area contributed by atoms with Crippen LogP contribution in [0.15, 0.2) is 24.3 Å². The molecule has 1 fully saturated rings. The molecule has 1 aromatic rings. The topological polar surface area (TPSA) is 38.5 Å². The summed E-state index contributed by atoms with van der Waals surface area (Å²) in [5.74, 6) is 0.814. The van der Waals surface area contributed by atoms with Crippen molar-refractivity contribution < 1.29 is 4.74 Å². The lowest BCUT2D eigenvalue weighted by Crippen LogP contribution is -2.41. The Labute approximate surface area is 129 Å². The number of hydrogen-bond acceptors (Lipinski definition) is 3. The first kappa shape index (κ1) is 16.5. The monoisotopic (exact) mass is 290 g/mol. The number of methoxy groups -OCH3 is 1. The van der Waals surface area contributed by atoms with Gasteiger partial charge in [-0.2, -0.15) is 0 Å². The second-order valence-electron chi connectivity index (χ2n) is 6.18. The average Bonchev–Trinajstić information content (AvgIpc) is 3.36. The van der Waals surface area contributed by atoms with Gasteiger partial charge in [0, 0.05) is 32.3 Å². The zero-order valence-corrected chi connectivity index (χ0v) is 13.7. The van der Waals surface area contributed by atoms with Crippen LogP contribution in [0.4, 0.5) is 0 Å². The molecule has 0 saturated heterocycles. The summed E-state index contributed by atoms with van der Waals surface area (Å²) in [5, 5.41) is 0. The van der Waals surface area contributed by atoms with Crippen molar-refractivity contribution in [2.75, 3.05) is 26.8 Å². The Balaban J connectivity index is 2.13. The number of nitrogens with two attached hydrogens (primary N) is 1. The number of ether oxygens (including phenoxy) is 1. The fourth-order valence-corrected chi connectivity index (χ4v) is 2.98. The Morgan fingerprint density at radius 1 is 1.29 bits per heavy atom. The molecule has 0 bridgehead atoms. The molecule has 1 aromatic carbocycles. The van der Waals surface area contributed by atoms with Gasteiger partial charge in [-0.15, -0.1) is 0 Å². The van der Waals surface area contributed by atoms with Gasteiger partial charge in [-0.1, -0.05) is 31.2 Å². The molecule has 3 nitrogen and oxygen atoms in total. The van der Waals surface area contributed by atoms with Crippen molar-refractivity contribution in [3.63, 3.8) is 0 Å². The molecule has 2 unspecified atom stereocenters. The molecule has 1 aliphatic rings. The van der Waals surface area contributed by atoms with E-state index in [0.29, 0.717) is 12.6 Å². The SMILES string of the molecule is CCC(C)N(CCOC)C(CN)c1ccc(C2CC2)cc1. The molecule has 2 N–H and O–H groups in total. The largest absolute Gasteiger partial charge is 0.383 e. The van der Waals surface area contributed by atoms with Gasteiger partial charge in [0.15, 0.2) is 0 Å². The van der Waals surface area contributed by atoms with Crippen LogP contribution in [0.3, 0.4) is 0 Å². The summed E-state index contributed by atoms with van der Waals surface area (Å²) in [7, 11) is 1.76. The zero-order valence-electron chi connectivity index (χ0n) is 13.7. The van der Waals surface area contributed by atoms with E-state index >= 15 is 0 Å². The predicted octanol–water partition coefficient (Wildman–Crippen LogP) is 3.31. The molecule has 21 heavy (non-hydrogen) atoms. The van der Waals surface area contributed by atoms with Crippen molar-refractivity contribution in [2.45, 2.75) is 51.1 Å². The lowest BCUT2D eigenvalue weighted by molar-refractivity contribution is 0.0902. The lowest BCUT2D eigenvalue weighted by Gasteiger charge is -2.36. The third-order valence-electron chi connectivity index (χ3n) is 4.70. The van der Waals surface area contributed by atoms with E-state index in [-0.39, 0.29) is 6.04 Å². The quantitative estimate of drug-likeness (QED) is 0.758. The average molecular weight is 290 g/mol. The molecule has 0 heterocycles. The van der Waals surface area contributed by atoms with Gasteiger partial charge in [0.25, 0.3) is 0 Å². The van der Waals surface area contributed by atoms with Gasteiger partial charge in [-0.3, -0.25) is 4.90 Å². The molecule has 118 valence electrons. The van der Waals surface area contributed by atoms with Crippen molar-refractivity contribution in [3.8, 4) is 0 Å². The molecule has 1 aliphatic carbocycles. The third-order valence-corrected chi connectivity index (χ3v) is 4.70. The van der Waals surface area contributed by atoms with Crippen LogP contribution < -0.4 is 5.73 Å². The predicted molar refractivity (Wildman–Crippen MR) is 88.5 cm³/mol. The summed E-state index contributed by atoms with van der Waals surface area (Å²) in [5.41, 5.74) is 8.92. The summed E-state index contributed by atoms with van der Waals surface area (Å²) >= 11 is 0. The standard InChI is InChI=1S/C18H30N2O/c1-4-14(2)20(11-12-21-3)18(13-19)17-9-7-16(8-10-17)15-5-6-15/h7-10,14-15,18H,4-6,11-13,19H2,1-3H3. The Bertz CT molecular complexity index is 414. The maximum absolute atomic E-state index is 6.10. The second kappa shape index (κ2) is 7.92. The van der Waals surface area contributed by atoms with Gasteiger partial charge in [0.05, 0.1) is 6.61 Å². The van der Waals surface area contributed by atoms with Gasteiger partial charge in [-0.05, 0) is 43.2 Å². The number of nitrogens with zero attached hydrogens (tertiary/aromatic N) is 1. The van der Waals surface area contributed by atoms with Crippen LogP contribution in [0, 0.1) is 0 Å². The normalized spacial score (nSPS) is 18.0. The van der Waals surface area contributed by atoms with E-state index in [1.807, 2.05) is 0 Å². The van der Waals surface area contributed by atoms with E-state index in [1.165, 1.54) is 24.0 Å². The molecule has 0 aliphatic heterocycles. The van der Waals surface area contributed by atoms with Gasteiger partial charge >= 0.3 is 0 Å². The van der Waals surface area contributed by atoms with Gasteiger partial charge in [0.2, 0.25) is 0 Å². The Morgan fingerprint density at radius 2 is 1.95 bits per heavy atom. The molecular formula is C18H30N2O. The van der Waals surface area contributed by atoms with Gasteiger partial charge < -0.3 is 10.5 Å². The molecule has 2 atom stereocenters. The van der Waals surface area contributed by atoms with E-state index in [4.69, 9.17) is 10.5 Å². The first-order chi connectivity index (χ1) is 10.2. The van der Waals surface area contributed by atoms with Crippen LogP contribution in [-0.2, 0) is 4.74 Å². The molecule has 3 heteroatoms. The molecular weight excluding hydrogens is 260 g/mol. The van der Waals surface area contributed by atoms with Crippen LogP contribution >= 0.6 is 0 Å². The van der Waals surface area contributed by atoms with Crippen molar-refractivity contribution >= 4 is 0 Å². The van der Waals surface area contributed by atoms with Gasteiger partial charge in [0.1, 0.15) is 0 Å². The first-order valence-corrected chi connectivity index (χ1v) is 8.25. The Morgan fingerprint density at radius 3 is 2.43 bits per heavy atom. The smallest absolute Gasteiger partial charge is 0.0590 e. The fraction of sp³-hybridized carbons (Fsp3) is 0.667. The minimum Gasteiger partial charge on any atom is -0.383 e. The molecule has 0 amide bonds. The molecule has 2 rings (SSSR count). The van der Waals surface area contributed by atoms with Crippen LogP contribution in [0.5, 0.6) is 0 Å². The van der Waals surface area contributed by atoms with E-state index < -0.39 is 0 Å². The van der Waals surface area contributed by atoms with Crippen molar-refractivity contribution in [1.82, 2.24) is 4.90 Å². The molecule has 0 aromatic heterocycles. The number of hydrogen-bond donors (Lipinski definition) is 1. The highest BCUT2D eigenvalue weighted by Gasteiger charge is 2.25. The summed E-state index contributed by atoms with van der Waals surface area (Å²) in [4.78, 5) is 2.48. The third kappa shape index (κ3) is 4.29. The Kier molecular flexibility index (Phi) is 6.22. The van der Waals surface area contributed by atoms with Gasteiger partial charge in [-0.25, -0.2) is 0 Å². The number of rotatable bonds is 9. The van der Waals surface area contributed by atoms with Crippen LogP contribution in [0.2, 0.25) is 0 Å². The minimum absolute atomic E-state index is 0.281. The maximum atomic E-state index is 6.10. The van der Waals surface area contributed by atoms with Crippen LogP contribution in [0.25, 0.3) is 0 Å². The highest BCUT2D eigenvalue weighted by molar-refractivity contribution is 5.30. The maximum Gasteiger partial charge on any atom is 0.0590 e. The highest BCUT2D eigenvalue weighted by atomic mass is 16.5. The summed E-state index contributed by atoms with van der Waals surface area (Å²) in [6.07, 6.45) is 3.83. The van der Waals surface area contributed by atoms with E-state index in [0.717, 1.165) is 25.5 Å². The molecule has 0 radical (unpaired) electrons. The zero-order chi connectivity index (χ0) is 15.2. The fourth-order valence-electron chi connectivity index (χ4n) is 2.98. The van der Waals surface area contributed by atoms with Crippen molar-refractivity contribution in [1.29, 1.82) is 0 Å². The molecule has 0 spiro atoms. The van der Waals surface area contributed by atoms with E-state index in [1.54, 1.807) is 7.11 Å². The van der Waals surface area contributed by atoms with Crippen LogP contribution in [0.1, 0.15) is 56.2 Å². The minimum atomic E-state index is 0.281. The summed E-state index contributed by atoms with van der Waals surface area (Å²) < 4.78 is 5.27. The van der Waals surface area contributed by atoms with Crippen molar-refractivity contribution in [3.05, 3.63) is 35.4 Å². The summed E-state index contributed by atoms with van der Waals surface area (Å²) in [6.45, 7) is 6.83. The lowest BCUT2D eigenvalue weighted by atomic mass is 10.00. The van der Waals surface area contributed by atoms with Crippen molar-refractivity contribution in [2.24, 2.45) is 5.73 Å². The highest BCUT2D eigenvalue weighted by Crippen LogP contribution is 2.40. The first-order valence-electron chi connectivity index (χ1n) is 8.25. The second-order valence-corrected chi connectivity index (χ2v) is 6.18.